The van der Waals surface area contributed by atoms with Gasteiger partial charge in [0, 0.05) is 18.3 Å². The molecule has 7 nitrogen and oxygen atoms in total. The Labute approximate surface area is 133 Å². The molecule has 0 radical (unpaired) electrons. The van der Waals surface area contributed by atoms with Gasteiger partial charge in [0.1, 0.15) is 0 Å². The first-order valence-electron chi connectivity index (χ1n) is 6.60. The van der Waals surface area contributed by atoms with Gasteiger partial charge in [0.2, 0.25) is 5.91 Å². The summed E-state index contributed by atoms with van der Waals surface area (Å²) in [6.07, 6.45) is -0.0262. The lowest BCUT2D eigenvalue weighted by molar-refractivity contribution is -0.118. The summed E-state index contributed by atoms with van der Waals surface area (Å²) in [6.45, 7) is 6.97. The van der Waals surface area contributed by atoms with E-state index in [4.69, 9.17) is 0 Å². The van der Waals surface area contributed by atoms with Crippen molar-refractivity contribution in [2.45, 2.75) is 38.3 Å². The molecule has 2 aromatic rings. The van der Waals surface area contributed by atoms with E-state index in [9.17, 15) is 13.2 Å². The van der Waals surface area contributed by atoms with Crippen LogP contribution in [0.5, 0.6) is 0 Å². The number of amides is 1. The first-order chi connectivity index (χ1) is 10.1. The van der Waals surface area contributed by atoms with Crippen LogP contribution in [0, 0.1) is 27.7 Å². The second kappa shape index (κ2) is 5.81. The lowest BCUT2D eigenvalue weighted by Gasteiger charge is -2.06. The molecule has 0 atom stereocenters. The van der Waals surface area contributed by atoms with Crippen molar-refractivity contribution < 1.29 is 13.2 Å². The van der Waals surface area contributed by atoms with Crippen LogP contribution < -0.4 is 4.72 Å². The van der Waals surface area contributed by atoms with Crippen LogP contribution in [0.15, 0.2) is 4.21 Å². The zero-order valence-electron chi connectivity index (χ0n) is 13.1. The molecule has 2 rings (SSSR count). The number of rotatable bonds is 4. The molecule has 0 fully saturated rings. The highest BCUT2D eigenvalue weighted by Crippen LogP contribution is 2.22. The zero-order chi connectivity index (χ0) is 16.7. The number of carbonyl (C=O) groups excluding carboxylic acids is 1. The minimum atomic E-state index is -3.88. The van der Waals surface area contributed by atoms with Gasteiger partial charge in [-0.2, -0.15) is 5.10 Å². The average Bonchev–Trinajstić information content (AvgIpc) is 2.84. The third kappa shape index (κ3) is 3.20. The Hall–Kier alpha value is -1.74. The van der Waals surface area contributed by atoms with Gasteiger partial charge in [-0.1, -0.05) is 0 Å². The molecule has 0 saturated heterocycles. The summed E-state index contributed by atoms with van der Waals surface area (Å²) in [5.74, 6) is -0.579. The van der Waals surface area contributed by atoms with Crippen molar-refractivity contribution in [3.8, 4) is 0 Å². The Morgan fingerprint density at radius 2 is 1.86 bits per heavy atom. The van der Waals surface area contributed by atoms with Gasteiger partial charge in [-0.05, 0) is 27.7 Å². The molecule has 0 aliphatic heterocycles. The van der Waals surface area contributed by atoms with Crippen molar-refractivity contribution in [1.29, 1.82) is 0 Å². The Bertz CT molecular complexity index is 834. The number of nitrogens with one attached hydrogen (secondary N) is 1. The molecular formula is C13H18N4O3S2. The fraction of sp³-hybridized carbons (Fsp3) is 0.462. The summed E-state index contributed by atoms with van der Waals surface area (Å²) in [5, 5.41) is 4.86. The van der Waals surface area contributed by atoms with Gasteiger partial charge in [0.15, 0.2) is 4.21 Å². The highest BCUT2D eigenvalue weighted by atomic mass is 32.2. The van der Waals surface area contributed by atoms with E-state index in [1.165, 1.54) is 0 Å². The lowest BCUT2D eigenvalue weighted by Crippen LogP contribution is -2.32. The molecule has 0 saturated carbocycles. The minimum absolute atomic E-state index is 0.0262. The SMILES string of the molecule is Cc1nc(C)c(S(=O)(=O)NC(=O)Cc2c(C)nn(C)c2C)s1. The second-order valence-electron chi connectivity index (χ2n) is 5.08. The largest absolute Gasteiger partial charge is 0.275 e. The Kier molecular flexibility index (Phi) is 4.39. The summed E-state index contributed by atoms with van der Waals surface area (Å²) in [4.78, 5) is 16.2. The van der Waals surface area contributed by atoms with Crippen molar-refractivity contribution in [2.24, 2.45) is 7.05 Å². The van der Waals surface area contributed by atoms with Crippen molar-refractivity contribution in [1.82, 2.24) is 19.5 Å². The van der Waals surface area contributed by atoms with Crippen LogP contribution in [0.3, 0.4) is 0 Å². The van der Waals surface area contributed by atoms with Gasteiger partial charge < -0.3 is 0 Å². The molecule has 2 heterocycles. The van der Waals surface area contributed by atoms with E-state index in [1.54, 1.807) is 32.5 Å². The fourth-order valence-corrected chi connectivity index (χ4v) is 4.70. The summed E-state index contributed by atoms with van der Waals surface area (Å²) in [7, 11) is -2.10. The number of nitrogens with zero attached hydrogens (tertiary/aromatic N) is 3. The van der Waals surface area contributed by atoms with Crippen LogP contribution in [0.4, 0.5) is 0 Å². The molecule has 1 N–H and O–H groups in total. The highest BCUT2D eigenvalue weighted by molar-refractivity contribution is 7.92. The molecule has 0 spiro atoms. The van der Waals surface area contributed by atoms with E-state index in [0.717, 1.165) is 28.3 Å². The third-order valence-electron chi connectivity index (χ3n) is 3.35. The standard InChI is InChI=1S/C13H18N4O3S2/c1-7-11(9(3)17(5)15-7)6-12(18)16-22(19,20)13-8(2)14-10(4)21-13/h6H2,1-5H3,(H,16,18). The number of hydrogen-bond donors (Lipinski definition) is 1. The molecule has 22 heavy (non-hydrogen) atoms. The van der Waals surface area contributed by atoms with Crippen LogP contribution in [-0.4, -0.2) is 29.1 Å². The molecule has 0 unspecified atom stereocenters. The van der Waals surface area contributed by atoms with Gasteiger partial charge >= 0.3 is 0 Å². The predicted molar refractivity (Wildman–Crippen MR) is 83.3 cm³/mol. The smallest absolute Gasteiger partial charge is 0.274 e. The summed E-state index contributed by atoms with van der Waals surface area (Å²) in [5.41, 5.74) is 2.70. The van der Waals surface area contributed by atoms with Crippen molar-refractivity contribution >= 4 is 27.3 Å². The third-order valence-corrected chi connectivity index (χ3v) is 6.41. The number of aryl methyl sites for hydroxylation is 4. The first-order valence-corrected chi connectivity index (χ1v) is 8.90. The molecule has 0 bridgehead atoms. The van der Waals surface area contributed by atoms with E-state index >= 15 is 0 Å². The van der Waals surface area contributed by atoms with Crippen LogP contribution in [0.25, 0.3) is 0 Å². The molecule has 0 aliphatic carbocycles. The van der Waals surface area contributed by atoms with Crippen LogP contribution in [0.1, 0.15) is 27.7 Å². The number of thiazole rings is 1. The second-order valence-corrected chi connectivity index (χ2v) is 8.17. The van der Waals surface area contributed by atoms with Crippen LogP contribution in [-0.2, 0) is 28.3 Å². The normalized spacial score (nSPS) is 11.7. The summed E-state index contributed by atoms with van der Waals surface area (Å²) < 4.78 is 28.4. The number of carbonyl (C=O) groups is 1. The van der Waals surface area contributed by atoms with Crippen molar-refractivity contribution in [3.63, 3.8) is 0 Å². The van der Waals surface area contributed by atoms with E-state index < -0.39 is 15.9 Å². The minimum Gasteiger partial charge on any atom is -0.274 e. The van der Waals surface area contributed by atoms with Gasteiger partial charge in [0.25, 0.3) is 10.0 Å². The molecule has 120 valence electrons. The van der Waals surface area contributed by atoms with E-state index in [0.29, 0.717) is 10.7 Å². The predicted octanol–water partition coefficient (Wildman–Crippen LogP) is 1.16. The number of sulfonamides is 1. The quantitative estimate of drug-likeness (QED) is 0.900. The van der Waals surface area contributed by atoms with Crippen molar-refractivity contribution in [2.75, 3.05) is 0 Å². The Morgan fingerprint density at radius 3 is 2.32 bits per heavy atom. The monoisotopic (exact) mass is 342 g/mol. The molecule has 1 amide bonds. The molecule has 9 heteroatoms. The molecular weight excluding hydrogens is 324 g/mol. The van der Waals surface area contributed by atoms with E-state index in [-0.39, 0.29) is 10.6 Å². The van der Waals surface area contributed by atoms with E-state index in [1.807, 2.05) is 6.92 Å². The van der Waals surface area contributed by atoms with E-state index in [2.05, 4.69) is 14.8 Å². The molecule has 0 aliphatic rings. The Morgan fingerprint density at radius 1 is 1.23 bits per heavy atom. The molecule has 2 aromatic heterocycles. The van der Waals surface area contributed by atoms with Crippen LogP contribution in [0.2, 0.25) is 0 Å². The summed E-state index contributed by atoms with van der Waals surface area (Å²) in [6, 6.07) is 0. The van der Waals surface area contributed by atoms with Gasteiger partial charge in [-0.15, -0.1) is 11.3 Å². The van der Waals surface area contributed by atoms with Crippen LogP contribution >= 0.6 is 11.3 Å². The number of aromatic nitrogens is 3. The maximum atomic E-state index is 12.3. The topological polar surface area (TPSA) is 93.9 Å². The maximum Gasteiger partial charge on any atom is 0.275 e. The van der Waals surface area contributed by atoms with Gasteiger partial charge in [-0.3, -0.25) is 9.48 Å². The average molecular weight is 342 g/mol. The summed E-state index contributed by atoms with van der Waals surface area (Å²) >= 11 is 1.05. The number of hydrogen-bond acceptors (Lipinski definition) is 6. The highest BCUT2D eigenvalue weighted by Gasteiger charge is 2.24. The maximum absolute atomic E-state index is 12.3. The lowest BCUT2D eigenvalue weighted by atomic mass is 10.1. The Balaban J connectivity index is 2.20. The molecule has 0 aromatic carbocycles. The first kappa shape index (κ1) is 16.6. The van der Waals surface area contributed by atoms with Crippen molar-refractivity contribution in [3.05, 3.63) is 27.7 Å². The fourth-order valence-electron chi connectivity index (χ4n) is 2.23. The van der Waals surface area contributed by atoms with Gasteiger partial charge in [-0.25, -0.2) is 18.1 Å². The zero-order valence-corrected chi connectivity index (χ0v) is 14.7. The van der Waals surface area contributed by atoms with Gasteiger partial charge in [0.05, 0.1) is 22.8 Å².